The van der Waals surface area contributed by atoms with Crippen molar-refractivity contribution in [3.63, 3.8) is 0 Å². The Hall–Kier alpha value is -3.35. The number of hydrogen-bond acceptors (Lipinski definition) is 5. The molecule has 0 saturated heterocycles. The molecular weight excluding hydrogens is 354 g/mol. The number of carbonyl (C=O) groups is 2. The lowest BCUT2D eigenvalue weighted by atomic mass is 10.0. The molecule has 1 amide bonds. The van der Waals surface area contributed by atoms with Crippen molar-refractivity contribution in [2.75, 3.05) is 11.9 Å². The fourth-order valence-corrected chi connectivity index (χ4v) is 3.31. The molecule has 2 heterocycles. The Morgan fingerprint density at radius 3 is 2.61 bits per heavy atom. The zero-order valence-electron chi connectivity index (χ0n) is 16.1. The summed E-state index contributed by atoms with van der Waals surface area (Å²) in [5.74, 6) is 0.858. The summed E-state index contributed by atoms with van der Waals surface area (Å²) in [5.41, 5.74) is 4.37. The summed E-state index contributed by atoms with van der Waals surface area (Å²) < 4.78 is 0. The van der Waals surface area contributed by atoms with Crippen molar-refractivity contribution in [2.24, 2.45) is 0 Å². The topological polar surface area (TPSA) is 81.0 Å². The van der Waals surface area contributed by atoms with Crippen molar-refractivity contribution in [3.8, 4) is 11.4 Å². The first-order valence-corrected chi connectivity index (χ1v) is 9.23. The summed E-state index contributed by atoms with van der Waals surface area (Å²) in [6.07, 6.45) is 0.324. The van der Waals surface area contributed by atoms with Crippen LogP contribution in [0.2, 0.25) is 0 Å². The van der Waals surface area contributed by atoms with Gasteiger partial charge in [0.05, 0.1) is 6.42 Å². The lowest BCUT2D eigenvalue weighted by Crippen LogP contribution is -2.20. The number of carbonyl (C=O) groups excluding carboxylic acids is 2. The lowest BCUT2D eigenvalue weighted by molar-refractivity contribution is -0.117. The van der Waals surface area contributed by atoms with Gasteiger partial charge in [0.25, 0.3) is 0 Å². The van der Waals surface area contributed by atoms with Gasteiger partial charge < -0.3 is 4.90 Å². The van der Waals surface area contributed by atoms with Gasteiger partial charge in [0.15, 0.2) is 5.78 Å². The van der Waals surface area contributed by atoms with Crippen LogP contribution in [0.5, 0.6) is 0 Å². The van der Waals surface area contributed by atoms with Crippen LogP contribution in [0.4, 0.5) is 5.69 Å². The van der Waals surface area contributed by atoms with E-state index in [0.717, 1.165) is 16.8 Å². The molecule has 3 aromatic rings. The Labute approximate surface area is 163 Å². The Balaban J connectivity index is 1.49. The lowest BCUT2D eigenvalue weighted by Gasteiger charge is -2.10. The van der Waals surface area contributed by atoms with Gasteiger partial charge in [-0.2, -0.15) is 4.80 Å². The number of ketones is 1. The Morgan fingerprint density at radius 1 is 1.14 bits per heavy atom. The monoisotopic (exact) mass is 375 g/mol. The summed E-state index contributed by atoms with van der Waals surface area (Å²) in [7, 11) is 1.74. The molecule has 1 aromatic heterocycles. The summed E-state index contributed by atoms with van der Waals surface area (Å²) in [4.78, 5) is 27.3. The normalized spacial score (nSPS) is 13.3. The number of aromatic nitrogens is 4. The third-order valence-electron chi connectivity index (χ3n) is 5.05. The van der Waals surface area contributed by atoms with Crippen LogP contribution in [-0.2, 0) is 17.8 Å². The average Bonchev–Trinajstić information content (AvgIpc) is 3.26. The molecule has 142 valence electrons. The summed E-state index contributed by atoms with van der Waals surface area (Å²) in [6, 6.07) is 13.4. The highest BCUT2D eigenvalue weighted by atomic mass is 16.2. The molecule has 0 radical (unpaired) electrons. The van der Waals surface area contributed by atoms with E-state index in [1.807, 2.05) is 18.2 Å². The third-order valence-corrected chi connectivity index (χ3v) is 5.05. The first-order valence-electron chi connectivity index (χ1n) is 9.23. The van der Waals surface area contributed by atoms with Crippen LogP contribution in [0.25, 0.3) is 11.4 Å². The van der Waals surface area contributed by atoms with Gasteiger partial charge in [-0.05, 0) is 40.5 Å². The molecule has 7 heteroatoms. The fourth-order valence-electron chi connectivity index (χ4n) is 3.31. The van der Waals surface area contributed by atoms with Gasteiger partial charge in [0.2, 0.25) is 11.7 Å². The van der Waals surface area contributed by atoms with Crippen LogP contribution in [0.15, 0.2) is 42.5 Å². The number of rotatable bonds is 5. The second-order valence-electron chi connectivity index (χ2n) is 7.32. The maximum atomic E-state index is 12.6. The maximum Gasteiger partial charge on any atom is 0.231 e. The van der Waals surface area contributed by atoms with Crippen LogP contribution >= 0.6 is 0 Å². The highest BCUT2D eigenvalue weighted by Crippen LogP contribution is 2.28. The first kappa shape index (κ1) is 18.0. The molecule has 0 aliphatic carbocycles. The molecule has 1 aliphatic heterocycles. The summed E-state index contributed by atoms with van der Waals surface area (Å²) in [5, 5.41) is 12.4. The maximum absolute atomic E-state index is 12.6. The molecular formula is C21H21N5O2. The molecule has 0 atom stereocenters. The van der Waals surface area contributed by atoms with Crippen molar-refractivity contribution in [2.45, 2.75) is 32.7 Å². The standard InChI is InChI=1S/C21H21N5O2/c1-13(2)14-4-6-15(7-5-14)21-22-24-26(23-21)12-19(27)16-8-9-18-17(10-16)11-20(28)25(18)3/h4-10,13H,11-12H2,1-3H3. The molecule has 1 aliphatic rings. The number of amides is 1. The predicted molar refractivity (Wildman–Crippen MR) is 105 cm³/mol. The van der Waals surface area contributed by atoms with E-state index < -0.39 is 0 Å². The largest absolute Gasteiger partial charge is 0.315 e. The van der Waals surface area contributed by atoms with E-state index >= 15 is 0 Å². The van der Waals surface area contributed by atoms with E-state index in [2.05, 4.69) is 41.4 Å². The van der Waals surface area contributed by atoms with Gasteiger partial charge >= 0.3 is 0 Å². The zero-order chi connectivity index (χ0) is 19.8. The number of hydrogen-bond donors (Lipinski definition) is 0. The van der Waals surface area contributed by atoms with Gasteiger partial charge in [-0.15, -0.1) is 10.2 Å². The van der Waals surface area contributed by atoms with E-state index in [0.29, 0.717) is 23.7 Å². The SMILES string of the molecule is CC(C)c1ccc(-c2nnn(CC(=O)c3ccc4c(c3)CC(=O)N4C)n2)cc1. The number of nitrogens with zero attached hydrogens (tertiary/aromatic N) is 5. The fraction of sp³-hybridized carbons (Fsp3) is 0.286. The van der Waals surface area contributed by atoms with Crippen LogP contribution in [0, 0.1) is 0 Å². The molecule has 0 N–H and O–H groups in total. The van der Waals surface area contributed by atoms with E-state index in [1.54, 1.807) is 24.1 Å². The molecule has 0 fully saturated rings. The van der Waals surface area contributed by atoms with Crippen LogP contribution in [0.3, 0.4) is 0 Å². The van der Waals surface area contributed by atoms with Crippen molar-refractivity contribution >= 4 is 17.4 Å². The van der Waals surface area contributed by atoms with Crippen LogP contribution < -0.4 is 4.90 Å². The molecule has 7 nitrogen and oxygen atoms in total. The minimum atomic E-state index is -0.121. The van der Waals surface area contributed by atoms with Gasteiger partial charge in [-0.25, -0.2) is 0 Å². The van der Waals surface area contributed by atoms with E-state index in [-0.39, 0.29) is 18.2 Å². The number of Topliss-reactive ketones (excluding diaryl/α,β-unsaturated/α-hetero) is 1. The molecule has 28 heavy (non-hydrogen) atoms. The van der Waals surface area contributed by atoms with Gasteiger partial charge in [0.1, 0.15) is 6.54 Å². The second-order valence-corrected chi connectivity index (χ2v) is 7.32. The number of likely N-dealkylation sites (N-methyl/N-ethyl adjacent to an activating group) is 1. The third kappa shape index (κ3) is 3.31. The predicted octanol–water partition coefficient (Wildman–Crippen LogP) is 2.87. The van der Waals surface area contributed by atoms with Gasteiger partial charge in [-0.1, -0.05) is 38.1 Å². The second kappa shape index (κ2) is 6.99. The Morgan fingerprint density at radius 2 is 1.89 bits per heavy atom. The minimum absolute atomic E-state index is 0.000347. The first-order chi connectivity index (χ1) is 13.4. The number of tetrazole rings is 1. The highest BCUT2D eigenvalue weighted by Gasteiger charge is 2.25. The zero-order valence-corrected chi connectivity index (χ0v) is 16.1. The molecule has 0 unspecified atom stereocenters. The van der Waals surface area contributed by atoms with Crippen molar-refractivity contribution in [1.82, 2.24) is 20.2 Å². The van der Waals surface area contributed by atoms with Gasteiger partial charge in [-0.3, -0.25) is 9.59 Å². The Kier molecular flexibility index (Phi) is 4.50. The minimum Gasteiger partial charge on any atom is -0.315 e. The summed E-state index contributed by atoms with van der Waals surface area (Å²) >= 11 is 0. The van der Waals surface area contributed by atoms with E-state index in [4.69, 9.17) is 0 Å². The number of benzene rings is 2. The average molecular weight is 375 g/mol. The highest BCUT2D eigenvalue weighted by molar-refractivity contribution is 6.03. The molecule has 4 rings (SSSR count). The van der Waals surface area contributed by atoms with Gasteiger partial charge in [0, 0.05) is 23.9 Å². The Bertz CT molecular complexity index is 1050. The quantitative estimate of drug-likeness (QED) is 0.641. The molecule has 0 saturated carbocycles. The smallest absolute Gasteiger partial charge is 0.231 e. The number of anilines is 1. The molecule has 0 spiro atoms. The number of fused-ring (bicyclic) bond motifs is 1. The van der Waals surface area contributed by atoms with E-state index in [1.165, 1.54) is 10.4 Å². The molecule has 2 aromatic carbocycles. The summed E-state index contributed by atoms with van der Waals surface area (Å²) in [6.45, 7) is 4.28. The van der Waals surface area contributed by atoms with Crippen molar-refractivity contribution in [1.29, 1.82) is 0 Å². The van der Waals surface area contributed by atoms with Crippen LogP contribution in [-0.4, -0.2) is 38.9 Å². The van der Waals surface area contributed by atoms with Crippen molar-refractivity contribution < 1.29 is 9.59 Å². The molecule has 0 bridgehead atoms. The van der Waals surface area contributed by atoms with E-state index in [9.17, 15) is 9.59 Å². The van der Waals surface area contributed by atoms with Crippen molar-refractivity contribution in [3.05, 3.63) is 59.2 Å². The van der Waals surface area contributed by atoms with Crippen LogP contribution in [0.1, 0.15) is 41.3 Å².